The quantitative estimate of drug-likeness (QED) is 0.806. The minimum Gasteiger partial charge on any atom is -0.492 e. The maximum atomic E-state index is 11.3. The van der Waals surface area contributed by atoms with Crippen LogP contribution in [0.2, 0.25) is 0 Å². The van der Waals surface area contributed by atoms with Gasteiger partial charge in [0, 0.05) is 36.4 Å². The highest BCUT2D eigenvalue weighted by Crippen LogP contribution is 2.44. The Morgan fingerprint density at radius 1 is 1.33 bits per heavy atom. The summed E-state index contributed by atoms with van der Waals surface area (Å²) in [6.45, 7) is 8.22. The summed E-state index contributed by atoms with van der Waals surface area (Å²) in [6, 6.07) is 7.68. The minimum absolute atomic E-state index is 0.00730. The number of hydrogen-bond donors (Lipinski definition) is 2. The summed E-state index contributed by atoms with van der Waals surface area (Å²) in [7, 11) is 0. The maximum Gasteiger partial charge on any atom is 0.222 e. The molecule has 0 spiro atoms. The summed E-state index contributed by atoms with van der Waals surface area (Å²) in [5, 5.41) is 2.73. The summed E-state index contributed by atoms with van der Waals surface area (Å²) in [5.74, 6) is 2.41. The number of hydrogen-bond acceptors (Lipinski definition) is 5. The summed E-state index contributed by atoms with van der Waals surface area (Å²) in [6.07, 6.45) is 2.54. The Hall–Kier alpha value is -2.60. The zero-order chi connectivity index (χ0) is 19.6. The lowest BCUT2D eigenvalue weighted by atomic mass is 9.95. The standard InChI is InChI=1S/C21H27N3O3/c1-12(2)7-15(22)11-26-16-5-6-17-18-9-21(24-14(4)25)23-10-19(18)13(3)27-20(17)8-16/h5-6,8-10,12-13,15H,7,11,22H2,1-4H3,(H,23,24,25). The number of carbonyl (C=O) groups excluding carboxylic acids is 1. The van der Waals surface area contributed by atoms with E-state index in [4.69, 9.17) is 15.2 Å². The molecule has 144 valence electrons. The molecule has 1 aromatic carbocycles. The molecule has 1 aromatic heterocycles. The van der Waals surface area contributed by atoms with Gasteiger partial charge in [0.2, 0.25) is 5.91 Å². The second-order valence-electron chi connectivity index (χ2n) is 7.46. The molecule has 3 N–H and O–H groups in total. The topological polar surface area (TPSA) is 86.5 Å². The van der Waals surface area contributed by atoms with Crippen molar-refractivity contribution in [2.24, 2.45) is 11.7 Å². The average molecular weight is 369 g/mol. The fraction of sp³-hybridized carbons (Fsp3) is 0.429. The molecule has 0 saturated carbocycles. The van der Waals surface area contributed by atoms with Crippen molar-refractivity contribution in [1.29, 1.82) is 0 Å². The van der Waals surface area contributed by atoms with E-state index in [2.05, 4.69) is 24.1 Å². The van der Waals surface area contributed by atoms with Gasteiger partial charge in [0.15, 0.2) is 0 Å². The van der Waals surface area contributed by atoms with E-state index >= 15 is 0 Å². The van der Waals surface area contributed by atoms with Gasteiger partial charge in [0.05, 0.1) is 0 Å². The molecule has 2 aromatic rings. The number of ether oxygens (including phenoxy) is 2. The lowest BCUT2D eigenvalue weighted by molar-refractivity contribution is -0.114. The van der Waals surface area contributed by atoms with Crippen LogP contribution in [0, 0.1) is 5.92 Å². The first-order chi connectivity index (χ1) is 12.8. The van der Waals surface area contributed by atoms with E-state index in [0.717, 1.165) is 34.6 Å². The van der Waals surface area contributed by atoms with Gasteiger partial charge in [-0.1, -0.05) is 13.8 Å². The Balaban J connectivity index is 1.83. The Morgan fingerprint density at radius 2 is 2.11 bits per heavy atom. The Labute approximate surface area is 160 Å². The van der Waals surface area contributed by atoms with E-state index in [0.29, 0.717) is 18.3 Å². The fourth-order valence-electron chi connectivity index (χ4n) is 3.32. The number of nitrogens with zero attached hydrogens (tertiary/aromatic N) is 1. The zero-order valence-corrected chi connectivity index (χ0v) is 16.3. The fourth-order valence-corrected chi connectivity index (χ4v) is 3.32. The number of aromatic nitrogens is 1. The van der Waals surface area contributed by atoms with E-state index < -0.39 is 0 Å². The van der Waals surface area contributed by atoms with Gasteiger partial charge in [-0.3, -0.25) is 4.79 Å². The van der Waals surface area contributed by atoms with E-state index in [1.54, 1.807) is 6.20 Å². The summed E-state index contributed by atoms with van der Waals surface area (Å²) >= 11 is 0. The van der Waals surface area contributed by atoms with Crippen LogP contribution in [0.1, 0.15) is 45.8 Å². The van der Waals surface area contributed by atoms with Gasteiger partial charge in [-0.25, -0.2) is 4.98 Å². The smallest absolute Gasteiger partial charge is 0.222 e. The molecule has 1 aliphatic heterocycles. The zero-order valence-electron chi connectivity index (χ0n) is 16.3. The summed E-state index contributed by atoms with van der Waals surface area (Å²) in [4.78, 5) is 15.6. The van der Waals surface area contributed by atoms with E-state index in [9.17, 15) is 4.79 Å². The molecular formula is C21H27N3O3. The SMILES string of the molecule is CC(=O)Nc1cc2c(cn1)C(C)Oc1cc(OCC(N)CC(C)C)ccc1-2. The molecule has 1 aliphatic rings. The predicted molar refractivity (Wildman–Crippen MR) is 106 cm³/mol. The number of benzene rings is 1. The van der Waals surface area contributed by atoms with Crippen LogP contribution in [0.5, 0.6) is 11.5 Å². The first kappa shape index (κ1) is 19.2. The lowest BCUT2D eigenvalue weighted by Gasteiger charge is -2.27. The number of anilines is 1. The monoisotopic (exact) mass is 369 g/mol. The second-order valence-corrected chi connectivity index (χ2v) is 7.46. The van der Waals surface area contributed by atoms with Gasteiger partial charge in [0.25, 0.3) is 0 Å². The van der Waals surface area contributed by atoms with Crippen LogP contribution in [-0.2, 0) is 4.79 Å². The first-order valence-corrected chi connectivity index (χ1v) is 9.30. The molecule has 2 atom stereocenters. The van der Waals surface area contributed by atoms with Crippen LogP contribution in [0.25, 0.3) is 11.1 Å². The van der Waals surface area contributed by atoms with Crippen molar-refractivity contribution in [2.45, 2.75) is 46.3 Å². The Bertz CT molecular complexity index is 835. The highest BCUT2D eigenvalue weighted by Gasteiger charge is 2.24. The van der Waals surface area contributed by atoms with E-state index in [1.165, 1.54) is 6.92 Å². The van der Waals surface area contributed by atoms with E-state index in [1.807, 2.05) is 31.2 Å². The number of amides is 1. The van der Waals surface area contributed by atoms with Gasteiger partial charge >= 0.3 is 0 Å². The molecule has 2 unspecified atom stereocenters. The third-order valence-corrected chi connectivity index (χ3v) is 4.46. The van der Waals surface area contributed by atoms with Gasteiger partial charge in [-0.2, -0.15) is 0 Å². The van der Waals surface area contributed by atoms with Crippen molar-refractivity contribution >= 4 is 11.7 Å². The average Bonchev–Trinajstić information content (AvgIpc) is 2.58. The van der Waals surface area contributed by atoms with Crippen LogP contribution in [-0.4, -0.2) is 23.5 Å². The number of nitrogens with two attached hydrogens (primary N) is 1. The van der Waals surface area contributed by atoms with Gasteiger partial charge in [0.1, 0.15) is 30.0 Å². The third-order valence-electron chi connectivity index (χ3n) is 4.46. The molecule has 0 radical (unpaired) electrons. The molecule has 6 heteroatoms. The van der Waals surface area contributed by atoms with Crippen molar-refractivity contribution in [3.8, 4) is 22.6 Å². The van der Waals surface area contributed by atoms with Gasteiger partial charge < -0.3 is 20.5 Å². The molecule has 2 heterocycles. The molecule has 1 amide bonds. The van der Waals surface area contributed by atoms with Crippen LogP contribution in [0.15, 0.2) is 30.5 Å². The summed E-state index contributed by atoms with van der Waals surface area (Å²) in [5.41, 5.74) is 9.05. The van der Waals surface area contributed by atoms with E-state index in [-0.39, 0.29) is 18.1 Å². The molecular weight excluding hydrogens is 342 g/mol. The largest absolute Gasteiger partial charge is 0.492 e. The van der Waals surface area contributed by atoms with Crippen molar-refractivity contribution in [1.82, 2.24) is 4.98 Å². The number of pyridine rings is 1. The third kappa shape index (κ3) is 4.57. The molecule has 0 bridgehead atoms. The maximum absolute atomic E-state index is 11.3. The van der Waals surface area contributed by atoms with Crippen LogP contribution in [0.3, 0.4) is 0 Å². The number of nitrogens with one attached hydrogen (secondary N) is 1. The normalized spacial score (nSPS) is 16.1. The molecule has 3 rings (SSSR count). The van der Waals surface area contributed by atoms with Gasteiger partial charge in [-0.05, 0) is 43.0 Å². The van der Waals surface area contributed by atoms with Crippen LogP contribution >= 0.6 is 0 Å². The number of fused-ring (bicyclic) bond motifs is 3. The highest BCUT2D eigenvalue weighted by molar-refractivity contribution is 5.89. The molecule has 0 saturated heterocycles. The molecule has 0 aliphatic carbocycles. The summed E-state index contributed by atoms with van der Waals surface area (Å²) < 4.78 is 11.9. The number of carbonyl (C=O) groups is 1. The lowest BCUT2D eigenvalue weighted by Crippen LogP contribution is -2.29. The first-order valence-electron chi connectivity index (χ1n) is 9.30. The van der Waals surface area contributed by atoms with Gasteiger partial charge in [-0.15, -0.1) is 0 Å². The van der Waals surface area contributed by atoms with Crippen molar-refractivity contribution in [3.63, 3.8) is 0 Å². The van der Waals surface area contributed by atoms with Crippen molar-refractivity contribution in [3.05, 3.63) is 36.0 Å². The predicted octanol–water partition coefficient (Wildman–Crippen LogP) is 3.91. The molecule has 27 heavy (non-hydrogen) atoms. The molecule has 0 fully saturated rings. The molecule has 6 nitrogen and oxygen atoms in total. The van der Waals surface area contributed by atoms with Crippen molar-refractivity contribution in [2.75, 3.05) is 11.9 Å². The Morgan fingerprint density at radius 3 is 2.81 bits per heavy atom. The van der Waals surface area contributed by atoms with Crippen LogP contribution in [0.4, 0.5) is 5.82 Å². The van der Waals surface area contributed by atoms with Crippen LogP contribution < -0.4 is 20.5 Å². The highest BCUT2D eigenvalue weighted by atomic mass is 16.5. The number of rotatable bonds is 6. The Kier molecular flexibility index (Phi) is 5.65. The second kappa shape index (κ2) is 7.96. The van der Waals surface area contributed by atoms with Crippen molar-refractivity contribution < 1.29 is 14.3 Å². The minimum atomic E-state index is -0.149.